The van der Waals surface area contributed by atoms with Gasteiger partial charge in [0.25, 0.3) is 0 Å². The molecule has 1 aliphatic heterocycles. The van der Waals surface area contributed by atoms with Crippen LogP contribution in [-0.2, 0) is 0 Å². The normalized spacial score (nSPS) is 24.4. The number of ether oxygens (including phenoxy) is 1. The van der Waals surface area contributed by atoms with E-state index in [2.05, 4.69) is 55.7 Å². The Morgan fingerprint density at radius 1 is 1.00 bits per heavy atom. The van der Waals surface area contributed by atoms with Crippen molar-refractivity contribution >= 4 is 5.69 Å². The standard InChI is InChI=1S/C25H42N2O/c1-6-7-15-26-16-18-27(19-17-26)24-22(9-8-10-23(24)28-5)20-11-13-21(14-12-20)25(2,3)4/h8-10,20-21H,6-7,11-19H2,1-5H3. The van der Waals surface area contributed by atoms with Gasteiger partial charge in [0, 0.05) is 26.2 Å². The lowest BCUT2D eigenvalue weighted by Crippen LogP contribution is -2.47. The van der Waals surface area contributed by atoms with Crippen molar-refractivity contribution < 1.29 is 4.74 Å². The number of rotatable bonds is 6. The molecule has 1 aromatic rings. The minimum atomic E-state index is 0.441. The number of hydrogen-bond acceptors (Lipinski definition) is 3. The number of unbranched alkanes of at least 4 members (excludes halogenated alkanes) is 1. The molecule has 3 rings (SSSR count). The predicted octanol–water partition coefficient (Wildman–Crippen LogP) is 5.94. The first kappa shape index (κ1) is 21.5. The number of para-hydroxylation sites is 1. The van der Waals surface area contributed by atoms with E-state index in [1.165, 1.54) is 69.4 Å². The molecule has 1 aromatic carbocycles. The van der Waals surface area contributed by atoms with Crippen molar-refractivity contribution in [3.8, 4) is 5.75 Å². The van der Waals surface area contributed by atoms with Gasteiger partial charge in [-0.3, -0.25) is 4.90 Å². The first-order chi connectivity index (χ1) is 13.4. The second-order valence-electron chi connectivity index (χ2n) is 9.99. The Kier molecular flexibility index (Phi) is 7.31. The van der Waals surface area contributed by atoms with E-state index in [4.69, 9.17) is 4.74 Å². The number of anilines is 1. The third-order valence-electron chi connectivity index (χ3n) is 7.16. The minimum Gasteiger partial charge on any atom is -0.495 e. The van der Waals surface area contributed by atoms with Crippen LogP contribution in [0.1, 0.15) is 77.7 Å². The minimum absolute atomic E-state index is 0.441. The Hall–Kier alpha value is -1.22. The zero-order chi connectivity index (χ0) is 20.1. The van der Waals surface area contributed by atoms with Crippen molar-refractivity contribution in [2.45, 2.75) is 72.1 Å². The van der Waals surface area contributed by atoms with Crippen molar-refractivity contribution in [1.29, 1.82) is 0 Å². The summed E-state index contributed by atoms with van der Waals surface area (Å²) >= 11 is 0. The fourth-order valence-corrected chi connectivity index (χ4v) is 5.22. The van der Waals surface area contributed by atoms with Crippen molar-refractivity contribution in [3.63, 3.8) is 0 Å². The summed E-state index contributed by atoms with van der Waals surface area (Å²) in [6.07, 6.45) is 7.95. The van der Waals surface area contributed by atoms with Gasteiger partial charge in [-0.1, -0.05) is 46.2 Å². The Morgan fingerprint density at radius 2 is 1.68 bits per heavy atom. The number of hydrogen-bond donors (Lipinski definition) is 0. The number of benzene rings is 1. The van der Waals surface area contributed by atoms with Gasteiger partial charge in [0.1, 0.15) is 5.75 Å². The predicted molar refractivity (Wildman–Crippen MR) is 121 cm³/mol. The van der Waals surface area contributed by atoms with Gasteiger partial charge >= 0.3 is 0 Å². The molecular weight excluding hydrogens is 344 g/mol. The molecule has 0 unspecified atom stereocenters. The van der Waals surface area contributed by atoms with Crippen LogP contribution in [0.25, 0.3) is 0 Å². The molecule has 0 spiro atoms. The van der Waals surface area contributed by atoms with Crippen LogP contribution in [0.2, 0.25) is 0 Å². The third kappa shape index (κ3) is 5.03. The van der Waals surface area contributed by atoms with Crippen LogP contribution in [0.5, 0.6) is 5.75 Å². The smallest absolute Gasteiger partial charge is 0.142 e. The number of piperazine rings is 1. The van der Waals surface area contributed by atoms with Gasteiger partial charge < -0.3 is 9.64 Å². The van der Waals surface area contributed by atoms with Crippen LogP contribution in [0.15, 0.2) is 18.2 Å². The second kappa shape index (κ2) is 9.52. The summed E-state index contributed by atoms with van der Waals surface area (Å²) < 4.78 is 5.84. The maximum atomic E-state index is 5.84. The fourth-order valence-electron chi connectivity index (χ4n) is 5.22. The molecule has 0 atom stereocenters. The zero-order valence-electron chi connectivity index (χ0n) is 19.0. The average Bonchev–Trinajstić information content (AvgIpc) is 2.71. The lowest BCUT2D eigenvalue weighted by molar-refractivity contribution is 0.169. The fraction of sp³-hybridized carbons (Fsp3) is 0.760. The highest BCUT2D eigenvalue weighted by Crippen LogP contribution is 2.47. The summed E-state index contributed by atoms with van der Waals surface area (Å²) in [5.74, 6) is 2.61. The molecule has 0 amide bonds. The van der Waals surface area contributed by atoms with Crippen LogP contribution in [-0.4, -0.2) is 44.7 Å². The average molecular weight is 387 g/mol. The highest BCUT2D eigenvalue weighted by atomic mass is 16.5. The molecule has 0 aromatic heterocycles. The first-order valence-corrected chi connectivity index (χ1v) is 11.6. The molecule has 1 saturated heterocycles. The third-order valence-corrected chi connectivity index (χ3v) is 7.16. The number of methoxy groups -OCH3 is 1. The van der Waals surface area contributed by atoms with Crippen LogP contribution < -0.4 is 9.64 Å². The molecule has 2 aliphatic rings. The molecule has 0 N–H and O–H groups in total. The van der Waals surface area contributed by atoms with Gasteiger partial charge in [-0.15, -0.1) is 0 Å². The maximum absolute atomic E-state index is 5.84. The van der Waals surface area contributed by atoms with Gasteiger partial charge in [0.05, 0.1) is 12.8 Å². The van der Waals surface area contributed by atoms with Gasteiger partial charge in [0.2, 0.25) is 0 Å². The molecular formula is C25H42N2O. The monoisotopic (exact) mass is 386 g/mol. The van der Waals surface area contributed by atoms with Gasteiger partial charge in [-0.25, -0.2) is 0 Å². The molecule has 3 heteroatoms. The summed E-state index contributed by atoms with van der Waals surface area (Å²) in [5, 5.41) is 0. The molecule has 1 saturated carbocycles. The van der Waals surface area contributed by atoms with E-state index in [-0.39, 0.29) is 0 Å². The SMILES string of the molecule is CCCCN1CCN(c2c(OC)cccc2C2CCC(C(C)(C)C)CC2)CC1. The summed E-state index contributed by atoms with van der Waals surface area (Å²) in [7, 11) is 1.83. The van der Waals surface area contributed by atoms with Crippen LogP contribution >= 0.6 is 0 Å². The molecule has 1 heterocycles. The largest absolute Gasteiger partial charge is 0.495 e. The summed E-state index contributed by atoms with van der Waals surface area (Å²) in [5.41, 5.74) is 3.37. The molecule has 0 radical (unpaired) electrons. The van der Waals surface area contributed by atoms with Crippen molar-refractivity contribution in [1.82, 2.24) is 4.90 Å². The Morgan fingerprint density at radius 3 is 2.25 bits per heavy atom. The summed E-state index contributed by atoms with van der Waals surface area (Å²) in [6, 6.07) is 6.73. The maximum Gasteiger partial charge on any atom is 0.142 e. The van der Waals surface area contributed by atoms with E-state index in [1.54, 1.807) is 0 Å². The molecule has 1 aliphatic carbocycles. The zero-order valence-corrected chi connectivity index (χ0v) is 19.0. The Labute approximate surface area is 173 Å². The topological polar surface area (TPSA) is 15.7 Å². The lowest BCUT2D eigenvalue weighted by Gasteiger charge is -2.40. The van der Waals surface area contributed by atoms with Crippen molar-refractivity contribution in [3.05, 3.63) is 23.8 Å². The van der Waals surface area contributed by atoms with Crippen LogP contribution in [0.3, 0.4) is 0 Å². The van der Waals surface area contributed by atoms with E-state index in [1.807, 2.05) is 7.11 Å². The molecule has 28 heavy (non-hydrogen) atoms. The number of nitrogens with zero attached hydrogens (tertiary/aromatic N) is 2. The quantitative estimate of drug-likeness (QED) is 0.602. The van der Waals surface area contributed by atoms with Gasteiger partial charge in [0.15, 0.2) is 0 Å². The summed E-state index contributed by atoms with van der Waals surface area (Å²) in [4.78, 5) is 5.23. The second-order valence-corrected chi connectivity index (χ2v) is 9.99. The van der Waals surface area contributed by atoms with Gasteiger partial charge in [-0.05, 0) is 67.5 Å². The Bertz CT molecular complexity index is 605. The Balaban J connectivity index is 1.73. The first-order valence-electron chi connectivity index (χ1n) is 11.6. The van der Waals surface area contributed by atoms with Crippen molar-refractivity contribution in [2.24, 2.45) is 11.3 Å². The van der Waals surface area contributed by atoms with Crippen molar-refractivity contribution in [2.75, 3.05) is 44.7 Å². The van der Waals surface area contributed by atoms with E-state index in [0.29, 0.717) is 11.3 Å². The van der Waals surface area contributed by atoms with E-state index in [9.17, 15) is 0 Å². The molecule has 2 fully saturated rings. The van der Waals surface area contributed by atoms with Crippen LogP contribution in [0.4, 0.5) is 5.69 Å². The van der Waals surface area contributed by atoms with Gasteiger partial charge in [-0.2, -0.15) is 0 Å². The molecule has 158 valence electrons. The molecule has 3 nitrogen and oxygen atoms in total. The van der Waals surface area contributed by atoms with Crippen LogP contribution in [0, 0.1) is 11.3 Å². The lowest BCUT2D eigenvalue weighted by atomic mass is 9.68. The molecule has 0 bridgehead atoms. The highest BCUT2D eigenvalue weighted by molar-refractivity contribution is 5.65. The highest BCUT2D eigenvalue weighted by Gasteiger charge is 2.32. The van der Waals surface area contributed by atoms with E-state index < -0.39 is 0 Å². The van der Waals surface area contributed by atoms with E-state index in [0.717, 1.165) is 24.8 Å². The summed E-state index contributed by atoms with van der Waals surface area (Å²) in [6.45, 7) is 15.4. The van der Waals surface area contributed by atoms with E-state index >= 15 is 0 Å².